The van der Waals surface area contributed by atoms with E-state index in [2.05, 4.69) is 0 Å². The first-order chi connectivity index (χ1) is 15.6. The molecule has 1 aliphatic carbocycles. The van der Waals surface area contributed by atoms with Crippen LogP contribution in [0, 0.1) is 0 Å². The Morgan fingerprint density at radius 3 is 2.39 bits per heavy atom. The van der Waals surface area contributed by atoms with E-state index in [4.69, 9.17) is 14.2 Å². The van der Waals surface area contributed by atoms with Crippen LogP contribution in [0.1, 0.15) is 37.2 Å². The van der Waals surface area contributed by atoms with Crippen molar-refractivity contribution in [2.45, 2.75) is 74.0 Å². The molecule has 3 rings (SSSR count). The Labute approximate surface area is 193 Å². The molecule has 0 bridgehead atoms. The molecule has 0 aromatic heterocycles. The van der Waals surface area contributed by atoms with E-state index in [1.165, 1.54) is 0 Å². The minimum Gasteiger partial charge on any atom is -0.497 e. The van der Waals surface area contributed by atoms with Gasteiger partial charge in [0.1, 0.15) is 35.8 Å². The van der Waals surface area contributed by atoms with Crippen molar-refractivity contribution in [3.8, 4) is 5.75 Å². The molecular weight excluding hydrogens is 434 g/mol. The number of ether oxygens (including phenoxy) is 3. The van der Waals surface area contributed by atoms with Crippen molar-refractivity contribution in [2.24, 2.45) is 0 Å². The quantitative estimate of drug-likeness (QED) is 0.326. The first-order valence-corrected chi connectivity index (χ1v) is 11.2. The van der Waals surface area contributed by atoms with Gasteiger partial charge in [-0.15, -0.1) is 0 Å². The molecule has 5 N–H and O–H groups in total. The summed E-state index contributed by atoms with van der Waals surface area (Å²) in [5.74, 6) is -0.730. The second kappa shape index (κ2) is 10.6. The maximum atomic E-state index is 12.9. The highest BCUT2D eigenvalue weighted by Crippen LogP contribution is 2.42. The maximum absolute atomic E-state index is 12.9. The lowest BCUT2D eigenvalue weighted by atomic mass is 9.70. The van der Waals surface area contributed by atoms with Gasteiger partial charge in [-0.05, 0) is 51.1 Å². The van der Waals surface area contributed by atoms with Crippen molar-refractivity contribution in [1.82, 2.24) is 4.90 Å². The number of carbonyl (C=O) groups is 1. The van der Waals surface area contributed by atoms with Gasteiger partial charge >= 0.3 is 5.97 Å². The third-order valence-electron chi connectivity index (χ3n) is 6.60. The number of aliphatic hydroxyl groups excluding tert-OH is 4. The summed E-state index contributed by atoms with van der Waals surface area (Å²) in [6.07, 6.45) is -7.49. The number of carbonyl (C=O) groups excluding carboxylic acids is 1. The van der Waals surface area contributed by atoms with Crippen molar-refractivity contribution in [3.63, 3.8) is 0 Å². The number of hydrogen-bond acceptors (Lipinski definition) is 10. The van der Waals surface area contributed by atoms with Crippen LogP contribution in [0.4, 0.5) is 0 Å². The average molecular weight is 470 g/mol. The number of likely N-dealkylation sites (N-methyl/N-ethyl adjacent to an activating group) is 1. The predicted octanol–water partition coefficient (Wildman–Crippen LogP) is -0.643. The lowest BCUT2D eigenvalue weighted by Crippen LogP contribution is -2.61. The molecular formula is C23H35NO9. The van der Waals surface area contributed by atoms with Crippen LogP contribution in [0.15, 0.2) is 24.3 Å². The number of esters is 1. The average Bonchev–Trinajstić information content (AvgIpc) is 2.80. The Kier molecular flexibility index (Phi) is 8.33. The van der Waals surface area contributed by atoms with Gasteiger partial charge in [0.15, 0.2) is 12.4 Å². The second-order valence-electron chi connectivity index (χ2n) is 9.17. The van der Waals surface area contributed by atoms with E-state index in [0.29, 0.717) is 25.1 Å². The fourth-order valence-electron chi connectivity index (χ4n) is 4.73. The van der Waals surface area contributed by atoms with Crippen molar-refractivity contribution in [2.75, 3.05) is 27.7 Å². The van der Waals surface area contributed by atoms with Crippen molar-refractivity contribution < 1.29 is 44.5 Å². The second-order valence-corrected chi connectivity index (χ2v) is 9.17. The highest BCUT2D eigenvalue weighted by Gasteiger charge is 2.51. The van der Waals surface area contributed by atoms with Gasteiger partial charge in [-0.1, -0.05) is 18.6 Å². The van der Waals surface area contributed by atoms with Crippen molar-refractivity contribution >= 4 is 5.97 Å². The van der Waals surface area contributed by atoms with Gasteiger partial charge in [0.05, 0.1) is 7.11 Å². The van der Waals surface area contributed by atoms with Gasteiger partial charge < -0.3 is 44.6 Å². The zero-order valence-corrected chi connectivity index (χ0v) is 19.2. The molecule has 0 spiro atoms. The van der Waals surface area contributed by atoms with Crippen LogP contribution in [-0.4, -0.2) is 107 Å². The highest BCUT2D eigenvalue weighted by molar-refractivity contribution is 5.76. The molecule has 1 heterocycles. The van der Waals surface area contributed by atoms with Crippen molar-refractivity contribution in [3.05, 3.63) is 29.8 Å². The largest absolute Gasteiger partial charge is 0.497 e. The molecule has 1 aromatic carbocycles. The summed E-state index contributed by atoms with van der Waals surface area (Å²) in [6.45, 7) is 0.489. The third-order valence-corrected chi connectivity index (χ3v) is 6.60. The Bertz CT molecular complexity index is 789. The zero-order chi connectivity index (χ0) is 24.3. The first-order valence-electron chi connectivity index (χ1n) is 11.2. The van der Waals surface area contributed by atoms with Crippen LogP contribution in [0.25, 0.3) is 0 Å². The SMILES string of the molecule is COc1ccc(C(CN(C)C)C2(O)CCCCC2OC(=O)C2OC(O)C(O)C(O)C2O)cc1. The summed E-state index contributed by atoms with van der Waals surface area (Å²) in [5.41, 5.74) is -0.541. The topological polar surface area (TPSA) is 149 Å². The molecule has 2 fully saturated rings. The van der Waals surface area contributed by atoms with Gasteiger partial charge in [0.2, 0.25) is 0 Å². The molecule has 1 aromatic rings. The van der Waals surface area contributed by atoms with Crippen LogP contribution in [-0.2, 0) is 14.3 Å². The fourth-order valence-corrected chi connectivity index (χ4v) is 4.73. The van der Waals surface area contributed by atoms with Crippen LogP contribution in [0.3, 0.4) is 0 Å². The van der Waals surface area contributed by atoms with E-state index in [0.717, 1.165) is 18.4 Å². The van der Waals surface area contributed by atoms with E-state index in [1.54, 1.807) is 7.11 Å². The molecule has 2 aliphatic rings. The smallest absolute Gasteiger partial charge is 0.338 e. The summed E-state index contributed by atoms with van der Waals surface area (Å²) in [7, 11) is 5.36. The number of rotatable bonds is 7. The minimum absolute atomic E-state index is 0.396. The van der Waals surface area contributed by atoms with Crippen LogP contribution in [0.2, 0.25) is 0 Å². The molecule has 10 nitrogen and oxygen atoms in total. The van der Waals surface area contributed by atoms with E-state index in [1.807, 2.05) is 43.3 Å². The molecule has 10 heteroatoms. The normalized spacial score (nSPS) is 35.8. The lowest BCUT2D eigenvalue weighted by molar-refractivity contribution is -0.284. The summed E-state index contributed by atoms with van der Waals surface area (Å²) >= 11 is 0. The van der Waals surface area contributed by atoms with E-state index >= 15 is 0 Å². The Balaban J connectivity index is 1.86. The van der Waals surface area contributed by atoms with E-state index in [9.17, 15) is 30.3 Å². The molecule has 8 atom stereocenters. The molecule has 0 radical (unpaired) electrons. The van der Waals surface area contributed by atoms with Gasteiger partial charge in [-0.25, -0.2) is 4.79 Å². The van der Waals surface area contributed by atoms with Crippen molar-refractivity contribution in [1.29, 1.82) is 0 Å². The van der Waals surface area contributed by atoms with Gasteiger partial charge in [0, 0.05) is 12.5 Å². The molecule has 186 valence electrons. The minimum atomic E-state index is -1.85. The van der Waals surface area contributed by atoms with E-state index in [-0.39, 0.29) is 0 Å². The fraction of sp³-hybridized carbons (Fsp3) is 0.696. The number of aliphatic hydroxyl groups is 5. The molecule has 1 saturated heterocycles. The number of hydrogen-bond donors (Lipinski definition) is 5. The van der Waals surface area contributed by atoms with Crippen LogP contribution < -0.4 is 4.74 Å². The molecule has 1 aliphatic heterocycles. The third kappa shape index (κ3) is 5.48. The maximum Gasteiger partial charge on any atom is 0.338 e. The standard InChI is InChI=1S/C23H35NO9/c1-24(2)12-15(13-7-9-14(31-3)10-8-13)23(30)11-5-4-6-16(23)32-22(29)20-18(26)17(25)19(27)21(28)33-20/h7-10,15-21,25-28,30H,4-6,11-12H2,1-3H3. The Morgan fingerprint density at radius 2 is 1.79 bits per heavy atom. The number of methoxy groups -OCH3 is 1. The summed E-state index contributed by atoms with van der Waals surface area (Å²) in [6, 6.07) is 7.37. The summed E-state index contributed by atoms with van der Waals surface area (Å²) in [4.78, 5) is 14.8. The molecule has 33 heavy (non-hydrogen) atoms. The predicted molar refractivity (Wildman–Crippen MR) is 116 cm³/mol. The van der Waals surface area contributed by atoms with E-state index < -0.39 is 54.3 Å². The van der Waals surface area contributed by atoms with Gasteiger partial charge in [-0.2, -0.15) is 0 Å². The Hall–Kier alpha value is -1.79. The zero-order valence-electron chi connectivity index (χ0n) is 19.2. The van der Waals surface area contributed by atoms with Crippen LogP contribution in [0.5, 0.6) is 5.75 Å². The number of nitrogens with zero attached hydrogens (tertiary/aromatic N) is 1. The first kappa shape index (κ1) is 25.8. The van der Waals surface area contributed by atoms with Gasteiger partial charge in [-0.3, -0.25) is 0 Å². The Morgan fingerprint density at radius 1 is 1.12 bits per heavy atom. The monoisotopic (exact) mass is 469 g/mol. The van der Waals surface area contributed by atoms with Gasteiger partial charge in [0.25, 0.3) is 0 Å². The lowest BCUT2D eigenvalue weighted by Gasteiger charge is -2.46. The molecule has 0 amide bonds. The molecule has 8 unspecified atom stereocenters. The highest BCUT2D eigenvalue weighted by atomic mass is 16.7. The van der Waals surface area contributed by atoms with Crippen LogP contribution >= 0.6 is 0 Å². The summed E-state index contributed by atoms with van der Waals surface area (Å²) < 4.78 is 15.9. The molecule has 1 saturated carbocycles. The number of benzene rings is 1. The summed E-state index contributed by atoms with van der Waals surface area (Å²) in [5, 5.41) is 51.4.